The number of nitrogens with two attached hydrogens (primary N) is 1. The molecule has 1 aromatic heterocycles. The standard InChI is InChI=1S/C12H9F3N2O3/c1-17(10(19)9(16)18)11-8(12(13,14)15)6-4-2-3-5-7(6)20-11/h2-5H,1H3,(H2,16,18). The highest BCUT2D eigenvalue weighted by atomic mass is 19.4. The van der Waals surface area contributed by atoms with Crippen LogP contribution in [0.25, 0.3) is 11.0 Å². The number of nitrogens with zero attached hydrogens (tertiary/aromatic N) is 1. The van der Waals surface area contributed by atoms with Crippen LogP contribution in [0.1, 0.15) is 5.56 Å². The van der Waals surface area contributed by atoms with Crippen LogP contribution in [-0.2, 0) is 15.8 Å². The average molecular weight is 286 g/mol. The van der Waals surface area contributed by atoms with Crippen molar-refractivity contribution in [3.8, 4) is 0 Å². The Hall–Kier alpha value is -2.51. The van der Waals surface area contributed by atoms with E-state index in [1.54, 1.807) is 0 Å². The summed E-state index contributed by atoms with van der Waals surface area (Å²) in [7, 11) is 0.986. The number of rotatable bonds is 1. The second-order valence-electron chi connectivity index (χ2n) is 4.00. The fraction of sp³-hybridized carbons (Fsp3) is 0.167. The quantitative estimate of drug-likeness (QED) is 0.813. The SMILES string of the molecule is CN(C(=O)C(N)=O)c1oc2ccccc2c1C(F)(F)F. The maximum atomic E-state index is 13.1. The van der Waals surface area contributed by atoms with Crippen LogP contribution < -0.4 is 10.6 Å². The molecule has 5 nitrogen and oxygen atoms in total. The number of fused-ring (bicyclic) bond motifs is 1. The molecule has 2 aromatic rings. The van der Waals surface area contributed by atoms with Gasteiger partial charge in [-0.15, -0.1) is 0 Å². The van der Waals surface area contributed by atoms with Crippen molar-refractivity contribution in [2.75, 3.05) is 11.9 Å². The number of anilines is 1. The van der Waals surface area contributed by atoms with Crippen molar-refractivity contribution in [3.05, 3.63) is 29.8 Å². The van der Waals surface area contributed by atoms with Crippen LogP contribution in [0.3, 0.4) is 0 Å². The zero-order valence-corrected chi connectivity index (χ0v) is 10.2. The van der Waals surface area contributed by atoms with Gasteiger partial charge < -0.3 is 10.2 Å². The van der Waals surface area contributed by atoms with Crippen molar-refractivity contribution in [2.45, 2.75) is 6.18 Å². The summed E-state index contributed by atoms with van der Waals surface area (Å²) in [5.41, 5.74) is 3.61. The maximum Gasteiger partial charge on any atom is 0.422 e. The number of benzene rings is 1. The summed E-state index contributed by atoms with van der Waals surface area (Å²) >= 11 is 0. The van der Waals surface area contributed by atoms with E-state index in [1.807, 2.05) is 0 Å². The number of para-hydroxylation sites is 1. The molecule has 20 heavy (non-hydrogen) atoms. The molecule has 0 saturated heterocycles. The number of amides is 2. The third-order valence-electron chi connectivity index (χ3n) is 2.68. The predicted octanol–water partition coefficient (Wildman–Crippen LogP) is 1.90. The lowest BCUT2D eigenvalue weighted by molar-refractivity contribution is -0.138. The highest BCUT2D eigenvalue weighted by Gasteiger charge is 2.41. The summed E-state index contributed by atoms with van der Waals surface area (Å²) < 4.78 is 44.4. The van der Waals surface area contributed by atoms with E-state index in [4.69, 9.17) is 10.2 Å². The maximum absolute atomic E-state index is 13.1. The minimum atomic E-state index is -4.74. The molecule has 0 aliphatic rings. The zero-order valence-electron chi connectivity index (χ0n) is 10.2. The summed E-state index contributed by atoms with van der Waals surface area (Å²) in [6.45, 7) is 0. The molecule has 1 aromatic carbocycles. The topological polar surface area (TPSA) is 76.5 Å². The smallest absolute Gasteiger partial charge is 0.422 e. The number of hydrogen-bond acceptors (Lipinski definition) is 3. The number of hydrogen-bond donors (Lipinski definition) is 1. The highest BCUT2D eigenvalue weighted by molar-refractivity contribution is 6.39. The van der Waals surface area contributed by atoms with Crippen molar-refractivity contribution in [1.29, 1.82) is 0 Å². The first-order valence-corrected chi connectivity index (χ1v) is 5.39. The number of carbonyl (C=O) groups is 2. The number of primary amides is 1. The van der Waals surface area contributed by atoms with Gasteiger partial charge in [0.15, 0.2) is 0 Å². The van der Waals surface area contributed by atoms with Crippen LogP contribution in [0.2, 0.25) is 0 Å². The molecule has 1 heterocycles. The average Bonchev–Trinajstić information content (AvgIpc) is 2.75. The van der Waals surface area contributed by atoms with Gasteiger partial charge in [-0.05, 0) is 6.07 Å². The number of likely N-dealkylation sites (N-methyl/N-ethyl adjacent to an activating group) is 1. The highest BCUT2D eigenvalue weighted by Crippen LogP contribution is 2.43. The number of halogens is 3. The van der Waals surface area contributed by atoms with E-state index in [9.17, 15) is 22.8 Å². The van der Waals surface area contributed by atoms with Gasteiger partial charge in [0.25, 0.3) is 0 Å². The van der Waals surface area contributed by atoms with Crippen LogP contribution in [0.4, 0.5) is 19.1 Å². The monoisotopic (exact) mass is 286 g/mol. The van der Waals surface area contributed by atoms with Crippen molar-refractivity contribution in [2.24, 2.45) is 5.73 Å². The Labute approximate surface area is 110 Å². The molecule has 2 amide bonds. The van der Waals surface area contributed by atoms with Gasteiger partial charge in [0, 0.05) is 12.4 Å². The fourth-order valence-electron chi connectivity index (χ4n) is 1.80. The predicted molar refractivity (Wildman–Crippen MR) is 63.8 cm³/mol. The summed E-state index contributed by atoms with van der Waals surface area (Å²) in [5, 5.41) is -0.195. The molecule has 2 N–H and O–H groups in total. The van der Waals surface area contributed by atoms with E-state index in [2.05, 4.69) is 0 Å². The molecule has 2 rings (SSSR count). The summed E-state index contributed by atoms with van der Waals surface area (Å²) in [4.78, 5) is 22.7. The Balaban J connectivity index is 2.70. The van der Waals surface area contributed by atoms with Gasteiger partial charge in [0.05, 0.1) is 0 Å². The second kappa shape index (κ2) is 4.55. The summed E-state index contributed by atoms with van der Waals surface area (Å²) in [5.74, 6) is -3.43. The fourth-order valence-corrected chi connectivity index (χ4v) is 1.80. The van der Waals surface area contributed by atoms with Crippen molar-refractivity contribution in [3.63, 3.8) is 0 Å². The first kappa shape index (κ1) is 13.9. The molecule has 0 saturated carbocycles. The van der Waals surface area contributed by atoms with Crippen LogP contribution >= 0.6 is 0 Å². The van der Waals surface area contributed by atoms with E-state index < -0.39 is 29.4 Å². The van der Waals surface area contributed by atoms with Crippen LogP contribution in [-0.4, -0.2) is 18.9 Å². The Bertz CT molecular complexity index is 691. The first-order valence-electron chi connectivity index (χ1n) is 5.39. The largest absolute Gasteiger partial charge is 0.439 e. The first-order chi connectivity index (χ1) is 9.23. The molecule has 106 valence electrons. The van der Waals surface area contributed by atoms with Gasteiger partial charge >= 0.3 is 18.0 Å². The second-order valence-corrected chi connectivity index (χ2v) is 4.00. The molecule has 0 spiro atoms. The van der Waals surface area contributed by atoms with Gasteiger partial charge in [-0.3, -0.25) is 14.5 Å². The molecular weight excluding hydrogens is 277 g/mol. The lowest BCUT2D eigenvalue weighted by Gasteiger charge is -2.15. The molecule has 8 heteroatoms. The molecular formula is C12H9F3N2O3. The molecule has 0 aliphatic carbocycles. The van der Waals surface area contributed by atoms with Crippen LogP contribution in [0, 0.1) is 0 Å². The molecule has 0 atom stereocenters. The third kappa shape index (κ3) is 2.20. The van der Waals surface area contributed by atoms with Gasteiger partial charge in [0.1, 0.15) is 11.1 Å². The Morgan fingerprint density at radius 2 is 1.85 bits per heavy atom. The van der Waals surface area contributed by atoms with Crippen molar-refractivity contribution >= 4 is 28.7 Å². The van der Waals surface area contributed by atoms with E-state index >= 15 is 0 Å². The van der Waals surface area contributed by atoms with Gasteiger partial charge in [-0.2, -0.15) is 13.2 Å². The molecule has 0 unspecified atom stereocenters. The van der Waals surface area contributed by atoms with Gasteiger partial charge in [-0.25, -0.2) is 0 Å². The zero-order chi connectivity index (χ0) is 15.1. The van der Waals surface area contributed by atoms with Crippen molar-refractivity contribution in [1.82, 2.24) is 0 Å². The van der Waals surface area contributed by atoms with Crippen molar-refractivity contribution < 1.29 is 27.2 Å². The van der Waals surface area contributed by atoms with E-state index in [0.29, 0.717) is 4.90 Å². The summed E-state index contributed by atoms with van der Waals surface area (Å²) in [6, 6.07) is 5.45. The minimum absolute atomic E-state index is 0.0426. The van der Waals surface area contributed by atoms with E-state index in [0.717, 1.165) is 7.05 Å². The van der Waals surface area contributed by atoms with Gasteiger partial charge in [-0.1, -0.05) is 18.2 Å². The molecule has 0 bridgehead atoms. The number of alkyl halides is 3. The van der Waals surface area contributed by atoms with Gasteiger partial charge in [0.2, 0.25) is 5.88 Å². The molecule has 0 fully saturated rings. The number of furan rings is 1. The lowest BCUT2D eigenvalue weighted by Crippen LogP contribution is -2.38. The normalized spacial score (nSPS) is 11.6. The van der Waals surface area contributed by atoms with Crippen LogP contribution in [0.5, 0.6) is 0 Å². The Morgan fingerprint density at radius 1 is 1.25 bits per heavy atom. The summed E-state index contributed by atoms with van der Waals surface area (Å²) in [6.07, 6.45) is -4.74. The minimum Gasteiger partial charge on any atom is -0.439 e. The third-order valence-corrected chi connectivity index (χ3v) is 2.68. The Morgan fingerprint density at radius 3 is 2.40 bits per heavy atom. The Kier molecular flexibility index (Phi) is 3.16. The van der Waals surface area contributed by atoms with E-state index in [1.165, 1.54) is 24.3 Å². The lowest BCUT2D eigenvalue weighted by atomic mass is 10.1. The van der Waals surface area contributed by atoms with E-state index in [-0.39, 0.29) is 11.0 Å². The molecule has 0 radical (unpaired) electrons. The number of carbonyl (C=O) groups excluding carboxylic acids is 2. The molecule has 0 aliphatic heterocycles. The van der Waals surface area contributed by atoms with Crippen LogP contribution in [0.15, 0.2) is 28.7 Å².